The molecule has 0 amide bonds. The van der Waals surface area contributed by atoms with Gasteiger partial charge in [-0.2, -0.15) is 0 Å². The molecule has 1 rings (SSSR count). The minimum absolute atomic E-state index is 0.348. The normalized spacial score (nSPS) is 15.3. The fraction of sp³-hybridized carbons (Fsp3) is 0.727. The first-order valence-corrected chi connectivity index (χ1v) is 6.05. The third-order valence-electron chi connectivity index (χ3n) is 2.28. The van der Waals surface area contributed by atoms with Crippen LogP contribution in [0.5, 0.6) is 0 Å². The van der Waals surface area contributed by atoms with E-state index in [4.69, 9.17) is 4.74 Å². The molecule has 15 heavy (non-hydrogen) atoms. The zero-order valence-corrected chi connectivity index (χ0v) is 10.9. The summed E-state index contributed by atoms with van der Waals surface area (Å²) in [7, 11) is 1.73. The molecule has 0 aliphatic rings. The van der Waals surface area contributed by atoms with Crippen LogP contribution in [0.1, 0.15) is 35.5 Å². The van der Waals surface area contributed by atoms with E-state index >= 15 is 0 Å². The highest BCUT2D eigenvalue weighted by molar-refractivity contribution is 7.11. The van der Waals surface area contributed by atoms with Crippen molar-refractivity contribution in [2.24, 2.45) is 0 Å². The lowest BCUT2D eigenvalue weighted by molar-refractivity contribution is 0.168. The standard InChI is InChI=1S/C11H20N2OS/c1-7(6-14-5)12-8(2)11-9(3)13-10(4)15-11/h7-8,12H,6H2,1-5H3. The summed E-state index contributed by atoms with van der Waals surface area (Å²) in [6.07, 6.45) is 0. The molecule has 0 bridgehead atoms. The number of methoxy groups -OCH3 is 1. The molecule has 4 heteroatoms. The molecular weight excluding hydrogens is 208 g/mol. The van der Waals surface area contributed by atoms with Gasteiger partial charge in [-0.1, -0.05) is 0 Å². The third kappa shape index (κ3) is 3.55. The van der Waals surface area contributed by atoms with Crippen LogP contribution in [-0.4, -0.2) is 24.7 Å². The van der Waals surface area contributed by atoms with Gasteiger partial charge in [-0.05, 0) is 27.7 Å². The van der Waals surface area contributed by atoms with Gasteiger partial charge in [0, 0.05) is 24.1 Å². The first-order valence-electron chi connectivity index (χ1n) is 5.23. The summed E-state index contributed by atoms with van der Waals surface area (Å²) < 4.78 is 5.10. The smallest absolute Gasteiger partial charge is 0.0900 e. The molecule has 0 aromatic carbocycles. The van der Waals surface area contributed by atoms with Crippen molar-refractivity contribution in [1.82, 2.24) is 10.3 Å². The highest BCUT2D eigenvalue weighted by atomic mass is 32.1. The van der Waals surface area contributed by atoms with Gasteiger partial charge in [0.1, 0.15) is 0 Å². The predicted molar refractivity (Wildman–Crippen MR) is 64.5 cm³/mol. The zero-order valence-electron chi connectivity index (χ0n) is 10.1. The second-order valence-electron chi connectivity index (χ2n) is 3.93. The van der Waals surface area contributed by atoms with E-state index < -0.39 is 0 Å². The predicted octanol–water partition coefficient (Wildman–Crippen LogP) is 2.45. The first-order chi connectivity index (χ1) is 7.04. The molecule has 2 atom stereocenters. The molecule has 1 N–H and O–H groups in total. The van der Waals surface area contributed by atoms with Crippen molar-refractivity contribution in [3.63, 3.8) is 0 Å². The Hall–Kier alpha value is -0.450. The summed E-state index contributed by atoms with van der Waals surface area (Å²) in [5, 5.41) is 4.63. The fourth-order valence-corrected chi connectivity index (χ4v) is 2.69. The second-order valence-corrected chi connectivity index (χ2v) is 5.16. The summed E-state index contributed by atoms with van der Waals surface area (Å²) in [5.41, 5.74) is 1.14. The van der Waals surface area contributed by atoms with Gasteiger partial charge in [-0.15, -0.1) is 11.3 Å². The van der Waals surface area contributed by atoms with E-state index in [1.165, 1.54) is 4.88 Å². The van der Waals surface area contributed by atoms with Gasteiger partial charge < -0.3 is 10.1 Å². The molecule has 0 saturated heterocycles. The van der Waals surface area contributed by atoms with Gasteiger partial charge in [-0.3, -0.25) is 0 Å². The van der Waals surface area contributed by atoms with Crippen molar-refractivity contribution in [1.29, 1.82) is 0 Å². The molecule has 0 saturated carbocycles. The van der Waals surface area contributed by atoms with Crippen molar-refractivity contribution < 1.29 is 4.74 Å². The highest BCUT2D eigenvalue weighted by Crippen LogP contribution is 2.24. The molecule has 1 heterocycles. The van der Waals surface area contributed by atoms with Gasteiger partial charge >= 0.3 is 0 Å². The Kier molecular flexibility index (Phi) is 4.70. The van der Waals surface area contributed by atoms with Gasteiger partial charge in [0.2, 0.25) is 0 Å². The Morgan fingerprint density at radius 3 is 2.53 bits per heavy atom. The van der Waals surface area contributed by atoms with Gasteiger partial charge in [0.05, 0.1) is 17.3 Å². The molecule has 3 nitrogen and oxygen atoms in total. The lowest BCUT2D eigenvalue weighted by Crippen LogP contribution is -2.32. The number of hydrogen-bond donors (Lipinski definition) is 1. The maximum Gasteiger partial charge on any atom is 0.0900 e. The van der Waals surface area contributed by atoms with Gasteiger partial charge in [-0.25, -0.2) is 4.98 Å². The number of rotatable bonds is 5. The van der Waals surface area contributed by atoms with Crippen LogP contribution in [0.3, 0.4) is 0 Å². The summed E-state index contributed by atoms with van der Waals surface area (Å²) in [6.45, 7) is 9.15. The van der Waals surface area contributed by atoms with E-state index in [2.05, 4.69) is 31.1 Å². The van der Waals surface area contributed by atoms with Crippen LogP contribution in [0.2, 0.25) is 0 Å². The minimum Gasteiger partial charge on any atom is -0.383 e. The maximum absolute atomic E-state index is 5.10. The lowest BCUT2D eigenvalue weighted by Gasteiger charge is -2.18. The Balaban J connectivity index is 2.60. The van der Waals surface area contributed by atoms with Crippen molar-refractivity contribution in [2.75, 3.05) is 13.7 Å². The maximum atomic E-state index is 5.10. The van der Waals surface area contributed by atoms with Gasteiger partial charge in [0.15, 0.2) is 0 Å². The molecule has 0 aliphatic carbocycles. The lowest BCUT2D eigenvalue weighted by atomic mass is 10.2. The number of thiazole rings is 1. The minimum atomic E-state index is 0.348. The Bertz CT molecular complexity index is 312. The largest absolute Gasteiger partial charge is 0.383 e. The molecule has 0 aliphatic heterocycles. The Labute approximate surface area is 95.9 Å². The van der Waals surface area contributed by atoms with Crippen molar-refractivity contribution in [2.45, 2.75) is 39.8 Å². The highest BCUT2D eigenvalue weighted by Gasteiger charge is 2.14. The Morgan fingerprint density at radius 1 is 1.40 bits per heavy atom. The second kappa shape index (κ2) is 5.58. The van der Waals surface area contributed by atoms with Crippen LogP contribution < -0.4 is 5.32 Å². The summed E-state index contributed by atoms with van der Waals surface area (Å²) in [6, 6.07) is 0.716. The van der Waals surface area contributed by atoms with E-state index in [9.17, 15) is 0 Å². The monoisotopic (exact) mass is 228 g/mol. The van der Waals surface area contributed by atoms with Gasteiger partial charge in [0.25, 0.3) is 0 Å². The molecule has 0 spiro atoms. The van der Waals surface area contributed by atoms with E-state index in [1.807, 2.05) is 6.92 Å². The molecule has 1 aromatic heterocycles. The number of ether oxygens (including phenoxy) is 1. The summed E-state index contributed by atoms with van der Waals surface area (Å²) in [5.74, 6) is 0. The summed E-state index contributed by atoms with van der Waals surface area (Å²) >= 11 is 1.77. The van der Waals surface area contributed by atoms with E-state index in [1.54, 1.807) is 18.4 Å². The average molecular weight is 228 g/mol. The van der Waals surface area contributed by atoms with Crippen molar-refractivity contribution in [3.05, 3.63) is 15.6 Å². The quantitative estimate of drug-likeness (QED) is 0.840. The van der Waals surface area contributed by atoms with Crippen LogP contribution in [-0.2, 0) is 4.74 Å². The van der Waals surface area contributed by atoms with E-state index in [-0.39, 0.29) is 0 Å². The topological polar surface area (TPSA) is 34.1 Å². The molecule has 0 radical (unpaired) electrons. The Morgan fingerprint density at radius 2 is 2.07 bits per heavy atom. The number of aryl methyl sites for hydroxylation is 2. The number of nitrogens with zero attached hydrogens (tertiary/aromatic N) is 1. The van der Waals surface area contributed by atoms with E-state index in [0.717, 1.165) is 17.3 Å². The van der Waals surface area contributed by atoms with Crippen LogP contribution in [0.15, 0.2) is 0 Å². The molecule has 0 fully saturated rings. The SMILES string of the molecule is COCC(C)NC(C)c1sc(C)nc1C. The van der Waals surface area contributed by atoms with Crippen LogP contribution in [0, 0.1) is 13.8 Å². The number of hydrogen-bond acceptors (Lipinski definition) is 4. The molecule has 1 aromatic rings. The zero-order chi connectivity index (χ0) is 11.4. The van der Waals surface area contributed by atoms with Crippen LogP contribution >= 0.6 is 11.3 Å². The van der Waals surface area contributed by atoms with Crippen LogP contribution in [0.4, 0.5) is 0 Å². The molecule has 2 unspecified atom stereocenters. The summed E-state index contributed by atoms with van der Waals surface area (Å²) in [4.78, 5) is 5.76. The molecular formula is C11H20N2OS. The number of nitrogens with one attached hydrogen (secondary N) is 1. The first kappa shape index (κ1) is 12.6. The van der Waals surface area contributed by atoms with E-state index in [0.29, 0.717) is 12.1 Å². The van der Waals surface area contributed by atoms with Crippen LogP contribution in [0.25, 0.3) is 0 Å². The van der Waals surface area contributed by atoms with Crippen molar-refractivity contribution in [3.8, 4) is 0 Å². The molecule has 86 valence electrons. The third-order valence-corrected chi connectivity index (χ3v) is 3.54. The average Bonchev–Trinajstić information content (AvgIpc) is 2.45. The number of aromatic nitrogens is 1. The van der Waals surface area contributed by atoms with Crippen molar-refractivity contribution >= 4 is 11.3 Å². The fourth-order valence-electron chi connectivity index (χ4n) is 1.75.